The maximum Gasteiger partial charge on any atom is 0.245 e. The highest BCUT2D eigenvalue weighted by atomic mass is 35.5. The van der Waals surface area contributed by atoms with Crippen molar-refractivity contribution in [2.45, 2.75) is 32.7 Å². The number of hydrogen-bond acceptors (Lipinski definition) is 3. The Kier molecular flexibility index (Phi) is 6.42. The molecule has 7 heteroatoms. The normalized spacial score (nSPS) is 15.4. The van der Waals surface area contributed by atoms with E-state index in [1.165, 1.54) is 4.90 Å². The van der Waals surface area contributed by atoms with Crippen molar-refractivity contribution in [1.82, 2.24) is 9.80 Å². The van der Waals surface area contributed by atoms with E-state index in [0.29, 0.717) is 23.7 Å². The van der Waals surface area contributed by atoms with Crippen LogP contribution < -0.4 is 5.32 Å². The van der Waals surface area contributed by atoms with Gasteiger partial charge in [0.15, 0.2) is 0 Å². The largest absolute Gasteiger partial charge is 0.335 e. The van der Waals surface area contributed by atoms with Crippen molar-refractivity contribution in [3.05, 3.63) is 29.3 Å². The third-order valence-electron chi connectivity index (χ3n) is 4.20. The highest BCUT2D eigenvalue weighted by Gasteiger charge is 2.36. The molecule has 1 heterocycles. The first-order chi connectivity index (χ1) is 11.8. The van der Waals surface area contributed by atoms with Crippen molar-refractivity contribution in [1.29, 1.82) is 0 Å². The second-order valence-electron chi connectivity index (χ2n) is 6.63. The summed E-state index contributed by atoms with van der Waals surface area (Å²) in [6.07, 6.45) is 1.25. The Bertz CT molecular complexity index is 663. The number of carbonyl (C=O) groups excluding carboxylic acids is 3. The molecule has 0 aromatic heterocycles. The fourth-order valence-electron chi connectivity index (χ4n) is 3.03. The number of rotatable bonds is 6. The average molecular weight is 366 g/mol. The minimum Gasteiger partial charge on any atom is -0.335 e. The molecule has 1 saturated heterocycles. The second kappa shape index (κ2) is 8.34. The van der Waals surface area contributed by atoms with Crippen LogP contribution in [0.4, 0.5) is 5.69 Å². The summed E-state index contributed by atoms with van der Waals surface area (Å²) < 4.78 is 0. The summed E-state index contributed by atoms with van der Waals surface area (Å²) in [7, 11) is 1.58. The van der Waals surface area contributed by atoms with Crippen LogP contribution in [0.3, 0.4) is 0 Å². The number of amides is 3. The predicted octanol–water partition coefficient (Wildman–Crippen LogP) is 2.38. The third kappa shape index (κ3) is 4.95. The molecule has 0 aliphatic carbocycles. The molecule has 1 atom stereocenters. The molecule has 2 rings (SSSR count). The molecule has 0 radical (unpaired) electrons. The van der Waals surface area contributed by atoms with E-state index >= 15 is 0 Å². The number of likely N-dealkylation sites (tertiary alicyclic amines) is 1. The van der Waals surface area contributed by atoms with Crippen LogP contribution in [0.15, 0.2) is 24.3 Å². The molecular formula is C18H24ClN3O3. The zero-order chi connectivity index (χ0) is 18.6. The third-order valence-corrected chi connectivity index (χ3v) is 4.43. The summed E-state index contributed by atoms with van der Waals surface area (Å²) in [4.78, 5) is 40.0. The summed E-state index contributed by atoms with van der Waals surface area (Å²) in [6.45, 7) is 4.33. The maximum atomic E-state index is 12.8. The van der Waals surface area contributed by atoms with E-state index in [0.717, 1.165) is 6.42 Å². The van der Waals surface area contributed by atoms with Crippen LogP contribution in [-0.4, -0.2) is 53.7 Å². The Labute approximate surface area is 153 Å². The number of carbonyl (C=O) groups is 3. The zero-order valence-corrected chi connectivity index (χ0v) is 15.5. The van der Waals surface area contributed by atoms with Crippen LogP contribution in [0.1, 0.15) is 26.7 Å². The van der Waals surface area contributed by atoms with E-state index in [4.69, 9.17) is 11.6 Å². The molecule has 1 aliphatic heterocycles. The lowest BCUT2D eigenvalue weighted by molar-refractivity contribution is -0.145. The van der Waals surface area contributed by atoms with E-state index in [1.54, 1.807) is 36.2 Å². The molecule has 1 N–H and O–H groups in total. The van der Waals surface area contributed by atoms with Gasteiger partial charge in [-0.3, -0.25) is 14.4 Å². The van der Waals surface area contributed by atoms with Crippen molar-refractivity contribution < 1.29 is 14.4 Å². The van der Waals surface area contributed by atoms with Gasteiger partial charge in [-0.1, -0.05) is 31.5 Å². The first kappa shape index (κ1) is 19.2. The monoisotopic (exact) mass is 365 g/mol. The van der Waals surface area contributed by atoms with Crippen molar-refractivity contribution in [2.75, 3.05) is 25.5 Å². The van der Waals surface area contributed by atoms with Gasteiger partial charge in [0.05, 0.1) is 6.54 Å². The number of nitrogens with one attached hydrogen (secondary N) is 1. The summed E-state index contributed by atoms with van der Waals surface area (Å²) >= 11 is 5.89. The molecule has 1 aromatic rings. The zero-order valence-electron chi connectivity index (χ0n) is 14.8. The Morgan fingerprint density at radius 3 is 2.64 bits per heavy atom. The summed E-state index contributed by atoms with van der Waals surface area (Å²) in [5.74, 6) is -0.545. The van der Waals surface area contributed by atoms with Gasteiger partial charge in [-0.25, -0.2) is 0 Å². The number of benzene rings is 1. The summed E-state index contributed by atoms with van der Waals surface area (Å²) in [5, 5.41) is 3.24. The van der Waals surface area contributed by atoms with Crippen molar-refractivity contribution in [3.63, 3.8) is 0 Å². The van der Waals surface area contributed by atoms with Crippen LogP contribution in [0.5, 0.6) is 0 Å². The molecule has 1 aromatic carbocycles. The van der Waals surface area contributed by atoms with E-state index in [1.807, 2.05) is 13.8 Å². The van der Waals surface area contributed by atoms with E-state index in [-0.39, 0.29) is 30.2 Å². The molecule has 0 unspecified atom stereocenters. The number of halogens is 1. The van der Waals surface area contributed by atoms with E-state index < -0.39 is 6.04 Å². The van der Waals surface area contributed by atoms with Crippen molar-refractivity contribution in [2.24, 2.45) is 5.92 Å². The standard InChI is InChI=1S/C18H24ClN3O3/c1-12(2)17(22-9-5-8-16(22)24)18(25)21(3)11-15(23)20-14-7-4-6-13(19)10-14/h4,6-7,10,12,17H,5,8-9,11H2,1-3H3,(H,20,23)/t17-/m0/s1. The van der Waals surface area contributed by atoms with Gasteiger partial charge in [0.2, 0.25) is 17.7 Å². The smallest absolute Gasteiger partial charge is 0.245 e. The van der Waals surface area contributed by atoms with Gasteiger partial charge in [0.1, 0.15) is 6.04 Å². The van der Waals surface area contributed by atoms with Gasteiger partial charge in [0.25, 0.3) is 0 Å². The molecule has 25 heavy (non-hydrogen) atoms. The van der Waals surface area contributed by atoms with Gasteiger partial charge in [-0.15, -0.1) is 0 Å². The quantitative estimate of drug-likeness (QED) is 0.841. The van der Waals surface area contributed by atoms with E-state index in [9.17, 15) is 14.4 Å². The lowest BCUT2D eigenvalue weighted by Gasteiger charge is -2.33. The lowest BCUT2D eigenvalue weighted by Crippen LogP contribution is -2.52. The predicted molar refractivity (Wildman–Crippen MR) is 97.3 cm³/mol. The summed E-state index contributed by atoms with van der Waals surface area (Å²) in [5.41, 5.74) is 0.577. The molecule has 0 saturated carbocycles. The number of nitrogens with zero attached hydrogens (tertiary/aromatic N) is 2. The summed E-state index contributed by atoms with van der Waals surface area (Å²) in [6, 6.07) is 6.29. The minimum atomic E-state index is -0.529. The number of anilines is 1. The van der Waals surface area contributed by atoms with E-state index in [2.05, 4.69) is 5.32 Å². The maximum absolute atomic E-state index is 12.8. The van der Waals surface area contributed by atoms with Crippen LogP contribution in [-0.2, 0) is 14.4 Å². The number of hydrogen-bond donors (Lipinski definition) is 1. The molecule has 0 bridgehead atoms. The van der Waals surface area contributed by atoms with Crippen LogP contribution in [0.25, 0.3) is 0 Å². The topological polar surface area (TPSA) is 69.7 Å². The molecule has 1 fully saturated rings. The minimum absolute atomic E-state index is 0.00355. The van der Waals surface area contributed by atoms with Crippen molar-refractivity contribution >= 4 is 35.0 Å². The molecule has 3 amide bonds. The molecule has 136 valence electrons. The molecule has 1 aliphatic rings. The van der Waals surface area contributed by atoms with Gasteiger partial charge in [0, 0.05) is 30.7 Å². The van der Waals surface area contributed by atoms with Gasteiger partial charge in [-0.05, 0) is 30.5 Å². The molecular weight excluding hydrogens is 342 g/mol. The Morgan fingerprint density at radius 2 is 2.08 bits per heavy atom. The van der Waals surface area contributed by atoms with Gasteiger partial charge < -0.3 is 15.1 Å². The van der Waals surface area contributed by atoms with Gasteiger partial charge in [-0.2, -0.15) is 0 Å². The highest BCUT2D eigenvalue weighted by Crippen LogP contribution is 2.21. The Hall–Kier alpha value is -2.08. The first-order valence-corrected chi connectivity index (χ1v) is 8.77. The van der Waals surface area contributed by atoms with Crippen molar-refractivity contribution in [3.8, 4) is 0 Å². The fourth-order valence-corrected chi connectivity index (χ4v) is 3.22. The van der Waals surface area contributed by atoms with Crippen LogP contribution in [0.2, 0.25) is 5.02 Å². The Balaban J connectivity index is 2.00. The molecule has 6 nitrogen and oxygen atoms in total. The number of likely N-dealkylation sites (N-methyl/N-ethyl adjacent to an activating group) is 1. The first-order valence-electron chi connectivity index (χ1n) is 8.39. The van der Waals surface area contributed by atoms with Crippen LogP contribution in [0, 0.1) is 5.92 Å². The molecule has 0 spiro atoms. The van der Waals surface area contributed by atoms with Crippen LogP contribution >= 0.6 is 11.6 Å². The second-order valence-corrected chi connectivity index (χ2v) is 7.07. The SMILES string of the molecule is CC(C)[C@@H](C(=O)N(C)CC(=O)Nc1cccc(Cl)c1)N1CCCC1=O. The highest BCUT2D eigenvalue weighted by molar-refractivity contribution is 6.30. The lowest BCUT2D eigenvalue weighted by atomic mass is 10.0. The fraction of sp³-hybridized carbons (Fsp3) is 0.500. The van der Waals surface area contributed by atoms with Gasteiger partial charge >= 0.3 is 0 Å². The Morgan fingerprint density at radius 1 is 1.36 bits per heavy atom. The average Bonchev–Trinajstić information content (AvgIpc) is 2.92.